The molecule has 2 N–H and O–H groups in total. The molecular weight excluding hydrogens is 191 g/mol. The fraction of sp³-hybridized carbons (Fsp3) is 0.273. The van der Waals surface area contributed by atoms with E-state index in [0.29, 0.717) is 17.8 Å². The third-order valence-corrected chi connectivity index (χ3v) is 2.10. The summed E-state index contributed by atoms with van der Waals surface area (Å²) in [7, 11) is -1.46. The number of hydrogen-bond donors (Lipinski definition) is 2. The van der Waals surface area contributed by atoms with Crippen molar-refractivity contribution in [3.63, 3.8) is 0 Å². The summed E-state index contributed by atoms with van der Waals surface area (Å²) in [5.74, 6) is 0.621. The van der Waals surface area contributed by atoms with Crippen molar-refractivity contribution >= 4 is 12.6 Å². The van der Waals surface area contributed by atoms with Gasteiger partial charge in [0.05, 0.1) is 0 Å². The molecule has 0 atom stereocenters. The van der Waals surface area contributed by atoms with E-state index in [0.717, 1.165) is 12.0 Å². The molecule has 80 valence electrons. The molecule has 0 aliphatic carbocycles. The highest BCUT2D eigenvalue weighted by Crippen LogP contribution is 2.09. The predicted octanol–water partition coefficient (Wildman–Crippen LogP) is 0.711. The maximum Gasteiger partial charge on any atom is 0.488 e. The number of hydrogen-bond acceptors (Lipinski definition) is 3. The summed E-state index contributed by atoms with van der Waals surface area (Å²) in [4.78, 5) is 0. The Labute approximate surface area is 90.2 Å². The topological polar surface area (TPSA) is 49.7 Å². The van der Waals surface area contributed by atoms with Crippen molar-refractivity contribution < 1.29 is 14.8 Å². The van der Waals surface area contributed by atoms with Gasteiger partial charge in [0.25, 0.3) is 0 Å². The molecule has 0 aromatic heterocycles. The van der Waals surface area contributed by atoms with E-state index in [1.54, 1.807) is 24.3 Å². The van der Waals surface area contributed by atoms with Gasteiger partial charge in [0.15, 0.2) is 0 Å². The average Bonchev–Trinajstić information content (AvgIpc) is 2.26. The SMILES string of the molecule is C=C(CC)COc1cccc(B(O)O)c1. The summed E-state index contributed by atoms with van der Waals surface area (Å²) in [6.07, 6.45) is 0.877. The second-order valence-corrected chi connectivity index (χ2v) is 3.34. The summed E-state index contributed by atoms with van der Waals surface area (Å²) in [5, 5.41) is 17.9. The normalized spacial score (nSPS) is 9.80. The van der Waals surface area contributed by atoms with Crippen LogP contribution < -0.4 is 10.2 Å². The first-order valence-electron chi connectivity index (χ1n) is 4.89. The molecule has 0 spiro atoms. The fourth-order valence-corrected chi connectivity index (χ4v) is 1.05. The highest BCUT2D eigenvalue weighted by atomic mass is 16.5. The molecule has 0 aliphatic rings. The maximum atomic E-state index is 8.95. The summed E-state index contributed by atoms with van der Waals surface area (Å²) >= 11 is 0. The first-order valence-corrected chi connectivity index (χ1v) is 4.89. The Balaban J connectivity index is 2.61. The lowest BCUT2D eigenvalue weighted by Crippen LogP contribution is -2.29. The summed E-state index contributed by atoms with van der Waals surface area (Å²) in [6, 6.07) is 6.73. The molecule has 1 aromatic carbocycles. The van der Waals surface area contributed by atoms with Crippen LogP contribution in [-0.2, 0) is 0 Å². The van der Waals surface area contributed by atoms with Crippen LogP contribution in [0.1, 0.15) is 13.3 Å². The van der Waals surface area contributed by atoms with Crippen LogP contribution >= 0.6 is 0 Å². The lowest BCUT2D eigenvalue weighted by Gasteiger charge is -2.08. The number of benzene rings is 1. The van der Waals surface area contributed by atoms with E-state index < -0.39 is 7.12 Å². The van der Waals surface area contributed by atoms with Crippen LogP contribution in [0.15, 0.2) is 36.4 Å². The second-order valence-electron chi connectivity index (χ2n) is 3.34. The minimum atomic E-state index is -1.46. The monoisotopic (exact) mass is 206 g/mol. The highest BCUT2D eigenvalue weighted by molar-refractivity contribution is 6.58. The van der Waals surface area contributed by atoms with Gasteiger partial charge in [0, 0.05) is 0 Å². The molecule has 0 unspecified atom stereocenters. The molecule has 1 rings (SSSR count). The first kappa shape index (κ1) is 11.8. The average molecular weight is 206 g/mol. The van der Waals surface area contributed by atoms with E-state index >= 15 is 0 Å². The zero-order chi connectivity index (χ0) is 11.3. The Morgan fingerprint density at radius 1 is 1.47 bits per heavy atom. The van der Waals surface area contributed by atoms with Crippen molar-refractivity contribution in [1.82, 2.24) is 0 Å². The van der Waals surface area contributed by atoms with E-state index in [1.165, 1.54) is 0 Å². The zero-order valence-corrected chi connectivity index (χ0v) is 8.81. The van der Waals surface area contributed by atoms with Gasteiger partial charge in [-0.15, -0.1) is 0 Å². The summed E-state index contributed by atoms with van der Waals surface area (Å²) < 4.78 is 5.43. The molecule has 0 fully saturated rings. The lowest BCUT2D eigenvalue weighted by molar-refractivity contribution is 0.349. The fourth-order valence-electron chi connectivity index (χ4n) is 1.05. The van der Waals surface area contributed by atoms with Crippen molar-refractivity contribution in [2.45, 2.75) is 13.3 Å². The van der Waals surface area contributed by atoms with Crippen LogP contribution in [0.3, 0.4) is 0 Å². The van der Waals surface area contributed by atoms with Gasteiger partial charge in [-0.25, -0.2) is 0 Å². The molecule has 0 bridgehead atoms. The maximum absolute atomic E-state index is 8.95. The van der Waals surface area contributed by atoms with Gasteiger partial charge in [-0.1, -0.05) is 25.6 Å². The summed E-state index contributed by atoms with van der Waals surface area (Å²) in [6.45, 7) is 6.30. The van der Waals surface area contributed by atoms with Gasteiger partial charge in [-0.2, -0.15) is 0 Å². The van der Waals surface area contributed by atoms with Crippen molar-refractivity contribution in [3.05, 3.63) is 36.4 Å². The van der Waals surface area contributed by atoms with Crippen LogP contribution in [0.4, 0.5) is 0 Å². The van der Waals surface area contributed by atoms with Gasteiger partial charge in [0.1, 0.15) is 12.4 Å². The quantitative estimate of drug-likeness (QED) is 0.551. The van der Waals surface area contributed by atoms with Crippen LogP contribution in [0.5, 0.6) is 5.75 Å². The first-order chi connectivity index (χ1) is 7.13. The van der Waals surface area contributed by atoms with Gasteiger partial charge >= 0.3 is 7.12 Å². The minimum Gasteiger partial charge on any atom is -0.489 e. The molecule has 0 amide bonds. The Bertz CT molecular complexity index is 336. The molecule has 0 saturated heterocycles. The molecule has 0 aliphatic heterocycles. The smallest absolute Gasteiger partial charge is 0.488 e. The van der Waals surface area contributed by atoms with Crippen LogP contribution in [-0.4, -0.2) is 23.8 Å². The third-order valence-electron chi connectivity index (χ3n) is 2.10. The molecule has 1 aromatic rings. The van der Waals surface area contributed by atoms with Crippen LogP contribution in [0.2, 0.25) is 0 Å². The second kappa shape index (κ2) is 5.58. The standard InChI is InChI=1S/C11H15BO3/c1-3-9(2)8-15-11-6-4-5-10(7-11)12(13)14/h4-7,13-14H,2-3,8H2,1H3. The van der Waals surface area contributed by atoms with E-state index in [2.05, 4.69) is 6.58 Å². The molecule has 15 heavy (non-hydrogen) atoms. The number of ether oxygens (including phenoxy) is 1. The largest absolute Gasteiger partial charge is 0.489 e. The minimum absolute atomic E-state index is 0.426. The zero-order valence-electron chi connectivity index (χ0n) is 8.81. The molecule has 0 heterocycles. The van der Waals surface area contributed by atoms with E-state index in [9.17, 15) is 0 Å². The van der Waals surface area contributed by atoms with Gasteiger partial charge < -0.3 is 14.8 Å². The van der Waals surface area contributed by atoms with E-state index in [-0.39, 0.29) is 0 Å². The predicted molar refractivity (Wildman–Crippen MR) is 61.2 cm³/mol. The Morgan fingerprint density at radius 2 is 2.20 bits per heavy atom. The molecule has 3 nitrogen and oxygen atoms in total. The molecule has 0 radical (unpaired) electrons. The lowest BCUT2D eigenvalue weighted by atomic mass is 9.80. The Kier molecular flexibility index (Phi) is 4.40. The van der Waals surface area contributed by atoms with E-state index in [1.807, 2.05) is 6.92 Å². The van der Waals surface area contributed by atoms with Crippen LogP contribution in [0, 0.1) is 0 Å². The van der Waals surface area contributed by atoms with Crippen LogP contribution in [0.25, 0.3) is 0 Å². The number of rotatable bonds is 5. The van der Waals surface area contributed by atoms with Gasteiger partial charge in [-0.3, -0.25) is 0 Å². The van der Waals surface area contributed by atoms with Crippen molar-refractivity contribution in [2.75, 3.05) is 6.61 Å². The van der Waals surface area contributed by atoms with Crippen molar-refractivity contribution in [3.8, 4) is 5.75 Å². The van der Waals surface area contributed by atoms with Crippen molar-refractivity contribution in [2.24, 2.45) is 0 Å². The Hall–Kier alpha value is -1.26. The molecule has 4 heteroatoms. The van der Waals surface area contributed by atoms with Crippen molar-refractivity contribution in [1.29, 1.82) is 0 Å². The molecule has 0 saturated carbocycles. The third kappa shape index (κ3) is 3.77. The summed E-state index contributed by atoms with van der Waals surface area (Å²) in [5.41, 5.74) is 1.43. The van der Waals surface area contributed by atoms with E-state index in [4.69, 9.17) is 14.8 Å². The van der Waals surface area contributed by atoms with Gasteiger partial charge in [0.2, 0.25) is 0 Å². The molecular formula is C11H15BO3. The Morgan fingerprint density at radius 3 is 2.80 bits per heavy atom. The van der Waals surface area contributed by atoms with Gasteiger partial charge in [-0.05, 0) is 29.6 Å². The highest BCUT2D eigenvalue weighted by Gasteiger charge is 2.10.